The summed E-state index contributed by atoms with van der Waals surface area (Å²) in [4.78, 5) is 25.6. The summed E-state index contributed by atoms with van der Waals surface area (Å²) in [5, 5.41) is 9.48. The highest BCUT2D eigenvalue weighted by molar-refractivity contribution is 6.30. The van der Waals surface area contributed by atoms with Crippen LogP contribution in [0.3, 0.4) is 0 Å². The van der Waals surface area contributed by atoms with E-state index < -0.39 is 5.97 Å². The standard InChI is InChI=1S/C14H9ClN2O3/c15-9-2-1-3-10(7-9)17-12-5-4-8(13(18)19)6-11(12)16-14(17)20/h1-7H,(H,16,20)(H,18,19). The van der Waals surface area contributed by atoms with Crippen molar-refractivity contribution in [2.24, 2.45) is 0 Å². The van der Waals surface area contributed by atoms with Crippen LogP contribution in [0, 0.1) is 0 Å². The molecule has 0 bridgehead atoms. The maximum absolute atomic E-state index is 12.0. The van der Waals surface area contributed by atoms with Crippen molar-refractivity contribution in [1.29, 1.82) is 0 Å². The van der Waals surface area contributed by atoms with Crippen molar-refractivity contribution in [3.8, 4) is 5.69 Å². The first-order valence-electron chi connectivity index (χ1n) is 5.80. The molecule has 3 aromatic rings. The normalized spacial score (nSPS) is 10.8. The molecule has 5 nitrogen and oxygen atoms in total. The lowest BCUT2D eigenvalue weighted by Gasteiger charge is -2.03. The number of carbonyl (C=O) groups is 1. The van der Waals surface area contributed by atoms with Gasteiger partial charge < -0.3 is 10.1 Å². The Morgan fingerprint density at radius 2 is 2.00 bits per heavy atom. The van der Waals surface area contributed by atoms with Crippen molar-refractivity contribution >= 4 is 28.6 Å². The van der Waals surface area contributed by atoms with Crippen LogP contribution in [-0.4, -0.2) is 20.6 Å². The van der Waals surface area contributed by atoms with Gasteiger partial charge in [0.15, 0.2) is 0 Å². The van der Waals surface area contributed by atoms with Crippen LogP contribution in [0.25, 0.3) is 16.7 Å². The smallest absolute Gasteiger partial charge is 0.335 e. The number of benzene rings is 2. The molecular weight excluding hydrogens is 280 g/mol. The minimum absolute atomic E-state index is 0.122. The molecule has 6 heteroatoms. The first kappa shape index (κ1) is 12.5. The number of H-pyrrole nitrogens is 1. The molecule has 0 radical (unpaired) electrons. The van der Waals surface area contributed by atoms with Crippen LogP contribution in [0.4, 0.5) is 0 Å². The molecule has 0 aliphatic heterocycles. The molecular formula is C14H9ClN2O3. The minimum Gasteiger partial charge on any atom is -0.478 e. The van der Waals surface area contributed by atoms with Crippen molar-refractivity contribution in [1.82, 2.24) is 9.55 Å². The second kappa shape index (κ2) is 4.54. The van der Waals surface area contributed by atoms with Crippen molar-refractivity contribution in [2.45, 2.75) is 0 Å². The number of nitrogens with zero attached hydrogens (tertiary/aromatic N) is 1. The van der Waals surface area contributed by atoms with E-state index in [1.165, 1.54) is 16.7 Å². The molecule has 0 saturated heterocycles. The van der Waals surface area contributed by atoms with Gasteiger partial charge in [-0.2, -0.15) is 0 Å². The highest BCUT2D eigenvalue weighted by atomic mass is 35.5. The van der Waals surface area contributed by atoms with Crippen LogP contribution in [0.15, 0.2) is 47.3 Å². The number of aromatic carboxylic acids is 1. The molecule has 3 rings (SSSR count). The van der Waals surface area contributed by atoms with Gasteiger partial charge in [0.05, 0.1) is 22.3 Å². The van der Waals surface area contributed by atoms with Crippen LogP contribution in [0.5, 0.6) is 0 Å². The molecule has 1 heterocycles. The molecule has 100 valence electrons. The Labute approximate surface area is 118 Å². The largest absolute Gasteiger partial charge is 0.478 e. The third-order valence-corrected chi connectivity index (χ3v) is 3.23. The number of nitrogens with one attached hydrogen (secondary N) is 1. The van der Waals surface area contributed by atoms with E-state index in [1.807, 2.05) is 0 Å². The molecule has 0 fully saturated rings. The molecule has 0 atom stereocenters. The van der Waals surface area contributed by atoms with E-state index in [2.05, 4.69) is 4.98 Å². The molecule has 0 spiro atoms. The number of fused-ring (bicyclic) bond motifs is 1. The first-order chi connectivity index (χ1) is 9.56. The van der Waals surface area contributed by atoms with E-state index >= 15 is 0 Å². The van der Waals surface area contributed by atoms with E-state index in [0.717, 1.165) is 0 Å². The van der Waals surface area contributed by atoms with Crippen molar-refractivity contribution in [3.05, 3.63) is 63.5 Å². The van der Waals surface area contributed by atoms with Crippen LogP contribution in [-0.2, 0) is 0 Å². The van der Waals surface area contributed by atoms with Crippen LogP contribution < -0.4 is 5.69 Å². The van der Waals surface area contributed by atoms with Gasteiger partial charge in [0.2, 0.25) is 0 Å². The molecule has 20 heavy (non-hydrogen) atoms. The van der Waals surface area contributed by atoms with E-state index in [9.17, 15) is 9.59 Å². The Balaban J connectivity index is 2.29. The first-order valence-corrected chi connectivity index (χ1v) is 6.18. The third-order valence-electron chi connectivity index (χ3n) is 3.00. The van der Waals surface area contributed by atoms with Gasteiger partial charge in [0.25, 0.3) is 0 Å². The lowest BCUT2D eigenvalue weighted by atomic mass is 10.2. The number of halogens is 1. The van der Waals surface area contributed by atoms with Gasteiger partial charge in [-0.3, -0.25) is 4.57 Å². The maximum atomic E-state index is 12.0. The van der Waals surface area contributed by atoms with Gasteiger partial charge in [-0.1, -0.05) is 17.7 Å². The summed E-state index contributed by atoms with van der Waals surface area (Å²) in [5.41, 5.74) is 1.47. The SMILES string of the molecule is O=C(O)c1ccc2c(c1)[nH]c(=O)n2-c1cccc(Cl)c1. The number of aromatic amines is 1. The zero-order chi connectivity index (χ0) is 14.3. The maximum Gasteiger partial charge on any atom is 0.335 e. The Morgan fingerprint density at radius 3 is 2.70 bits per heavy atom. The summed E-state index contributed by atoms with van der Waals surface area (Å²) in [6.07, 6.45) is 0. The highest BCUT2D eigenvalue weighted by Crippen LogP contribution is 2.19. The fraction of sp³-hybridized carbons (Fsp3) is 0. The van der Waals surface area contributed by atoms with Crippen LogP contribution in [0.1, 0.15) is 10.4 Å². The number of hydrogen-bond acceptors (Lipinski definition) is 2. The number of imidazole rings is 1. The number of hydrogen-bond donors (Lipinski definition) is 2. The third kappa shape index (κ3) is 1.98. The van der Waals surface area contributed by atoms with E-state index in [-0.39, 0.29) is 11.3 Å². The van der Waals surface area contributed by atoms with E-state index in [4.69, 9.17) is 16.7 Å². The fourth-order valence-corrected chi connectivity index (χ4v) is 2.30. The van der Waals surface area contributed by atoms with E-state index in [0.29, 0.717) is 21.7 Å². The van der Waals surface area contributed by atoms with Gasteiger partial charge >= 0.3 is 11.7 Å². The highest BCUT2D eigenvalue weighted by Gasteiger charge is 2.11. The van der Waals surface area contributed by atoms with Crippen molar-refractivity contribution in [3.63, 3.8) is 0 Å². The van der Waals surface area contributed by atoms with Crippen molar-refractivity contribution in [2.75, 3.05) is 0 Å². The van der Waals surface area contributed by atoms with Gasteiger partial charge in [-0.05, 0) is 36.4 Å². The molecule has 0 aliphatic rings. The van der Waals surface area contributed by atoms with Crippen LogP contribution >= 0.6 is 11.6 Å². The lowest BCUT2D eigenvalue weighted by Crippen LogP contribution is -2.14. The molecule has 2 N–H and O–H groups in total. The fourth-order valence-electron chi connectivity index (χ4n) is 2.12. The predicted octanol–water partition coefficient (Wildman–Crippen LogP) is 2.67. The minimum atomic E-state index is -1.04. The second-order valence-corrected chi connectivity index (χ2v) is 4.72. The summed E-state index contributed by atoms with van der Waals surface area (Å²) in [6, 6.07) is 11.4. The summed E-state index contributed by atoms with van der Waals surface area (Å²) in [6.45, 7) is 0. The zero-order valence-corrected chi connectivity index (χ0v) is 10.9. The number of rotatable bonds is 2. The summed E-state index contributed by atoms with van der Waals surface area (Å²) in [7, 11) is 0. The van der Waals surface area contributed by atoms with Gasteiger partial charge in [0.1, 0.15) is 0 Å². The Morgan fingerprint density at radius 1 is 1.20 bits per heavy atom. The average molecular weight is 289 g/mol. The Kier molecular flexibility index (Phi) is 2.84. The number of carboxylic acids is 1. The van der Waals surface area contributed by atoms with Gasteiger partial charge in [-0.15, -0.1) is 0 Å². The molecule has 2 aromatic carbocycles. The molecule has 1 aromatic heterocycles. The molecule has 0 saturated carbocycles. The Bertz CT molecular complexity index is 880. The Hall–Kier alpha value is -2.53. The zero-order valence-electron chi connectivity index (χ0n) is 10.1. The number of aromatic nitrogens is 2. The second-order valence-electron chi connectivity index (χ2n) is 4.28. The summed E-state index contributed by atoms with van der Waals surface area (Å²) in [5.74, 6) is -1.04. The number of carboxylic acid groups (broad SMARTS) is 1. The summed E-state index contributed by atoms with van der Waals surface area (Å²) < 4.78 is 1.45. The summed E-state index contributed by atoms with van der Waals surface area (Å²) >= 11 is 5.93. The molecule has 0 unspecified atom stereocenters. The monoisotopic (exact) mass is 288 g/mol. The topological polar surface area (TPSA) is 75.1 Å². The van der Waals surface area contributed by atoms with Crippen LogP contribution in [0.2, 0.25) is 5.02 Å². The lowest BCUT2D eigenvalue weighted by molar-refractivity contribution is 0.0697. The average Bonchev–Trinajstić information content (AvgIpc) is 2.73. The molecule has 0 amide bonds. The van der Waals surface area contributed by atoms with Gasteiger partial charge in [-0.25, -0.2) is 9.59 Å². The predicted molar refractivity (Wildman–Crippen MR) is 75.9 cm³/mol. The van der Waals surface area contributed by atoms with Gasteiger partial charge in [0, 0.05) is 5.02 Å². The van der Waals surface area contributed by atoms with E-state index in [1.54, 1.807) is 30.3 Å². The van der Waals surface area contributed by atoms with Crippen molar-refractivity contribution < 1.29 is 9.90 Å². The molecule has 0 aliphatic carbocycles. The quantitative estimate of drug-likeness (QED) is 0.761.